The fourth-order valence-electron chi connectivity index (χ4n) is 1.68. The molecule has 0 fully saturated rings. The molecule has 3 unspecified atom stereocenters. The molecule has 0 bridgehead atoms. The highest BCUT2D eigenvalue weighted by Crippen LogP contribution is 2.24. The first kappa shape index (κ1) is 14.7. The van der Waals surface area contributed by atoms with Gasteiger partial charge in [0, 0.05) is 17.0 Å². The van der Waals surface area contributed by atoms with Gasteiger partial charge < -0.3 is 10.4 Å². The zero-order chi connectivity index (χ0) is 13.1. The lowest BCUT2D eigenvalue weighted by Gasteiger charge is -2.31. The van der Waals surface area contributed by atoms with Gasteiger partial charge in [-0.25, -0.2) is 0 Å². The minimum atomic E-state index is -0.343. The zero-order valence-electron chi connectivity index (χ0n) is 11.5. The van der Waals surface area contributed by atoms with Crippen LogP contribution in [-0.4, -0.2) is 17.2 Å². The minimum Gasteiger partial charge on any atom is -0.388 e. The third-order valence-corrected chi connectivity index (χ3v) is 4.26. The molecular weight excluding hydrogens is 230 g/mol. The zero-order valence-corrected chi connectivity index (χ0v) is 12.3. The molecule has 17 heavy (non-hydrogen) atoms. The molecule has 98 valence electrons. The van der Waals surface area contributed by atoms with Crippen molar-refractivity contribution in [3.05, 3.63) is 22.4 Å². The van der Waals surface area contributed by atoms with E-state index in [1.54, 1.807) is 11.3 Å². The van der Waals surface area contributed by atoms with E-state index in [-0.39, 0.29) is 11.5 Å². The molecule has 3 atom stereocenters. The average molecular weight is 255 g/mol. The smallest absolute Gasteiger partial charge is 0.0896 e. The molecule has 0 aliphatic rings. The van der Waals surface area contributed by atoms with Crippen molar-refractivity contribution in [3.63, 3.8) is 0 Å². The Morgan fingerprint density at radius 3 is 2.47 bits per heavy atom. The summed E-state index contributed by atoms with van der Waals surface area (Å²) in [6.07, 6.45) is 0.422. The summed E-state index contributed by atoms with van der Waals surface area (Å²) in [5, 5.41) is 15.6. The number of rotatable bonds is 5. The van der Waals surface area contributed by atoms with Gasteiger partial charge in [-0.3, -0.25) is 0 Å². The second-order valence-corrected chi connectivity index (χ2v) is 6.90. The first-order chi connectivity index (χ1) is 7.80. The Morgan fingerprint density at radius 1 is 1.35 bits per heavy atom. The number of nitrogens with one attached hydrogen (secondary N) is 1. The molecule has 1 aromatic heterocycles. The standard InChI is InChI=1S/C14H25NOS/c1-10(15-11(2)14(3,4)5)9-12(16)13-7-6-8-17-13/h6-8,10-12,15-16H,9H2,1-5H3. The molecule has 0 spiro atoms. The molecule has 2 N–H and O–H groups in total. The SMILES string of the molecule is CC(CC(O)c1cccs1)NC(C)C(C)(C)C. The quantitative estimate of drug-likeness (QED) is 0.843. The highest BCUT2D eigenvalue weighted by Gasteiger charge is 2.22. The summed E-state index contributed by atoms with van der Waals surface area (Å²) in [5.74, 6) is 0. The highest BCUT2D eigenvalue weighted by molar-refractivity contribution is 7.10. The van der Waals surface area contributed by atoms with Crippen molar-refractivity contribution >= 4 is 11.3 Å². The molecule has 0 radical (unpaired) electrons. The van der Waals surface area contributed by atoms with Crippen molar-refractivity contribution < 1.29 is 5.11 Å². The largest absolute Gasteiger partial charge is 0.388 e. The molecule has 2 nitrogen and oxygen atoms in total. The Labute approximate surface area is 109 Å². The molecule has 0 aliphatic heterocycles. The van der Waals surface area contributed by atoms with E-state index in [0.717, 1.165) is 11.3 Å². The predicted molar refractivity (Wildman–Crippen MR) is 75.4 cm³/mol. The molecule has 1 aromatic rings. The molecule has 0 amide bonds. The third kappa shape index (κ3) is 4.78. The van der Waals surface area contributed by atoms with Crippen molar-refractivity contribution in [1.29, 1.82) is 0 Å². The summed E-state index contributed by atoms with van der Waals surface area (Å²) in [7, 11) is 0. The van der Waals surface area contributed by atoms with Crippen LogP contribution in [0, 0.1) is 5.41 Å². The van der Waals surface area contributed by atoms with E-state index in [4.69, 9.17) is 0 Å². The van der Waals surface area contributed by atoms with E-state index in [9.17, 15) is 5.11 Å². The number of aliphatic hydroxyl groups is 1. The summed E-state index contributed by atoms with van der Waals surface area (Å²) in [5.41, 5.74) is 0.252. The molecule has 1 rings (SSSR count). The van der Waals surface area contributed by atoms with E-state index < -0.39 is 0 Å². The maximum atomic E-state index is 10.1. The van der Waals surface area contributed by atoms with Gasteiger partial charge in [-0.15, -0.1) is 11.3 Å². The average Bonchev–Trinajstić information content (AvgIpc) is 2.68. The van der Waals surface area contributed by atoms with Gasteiger partial charge >= 0.3 is 0 Å². The van der Waals surface area contributed by atoms with E-state index in [2.05, 4.69) is 39.9 Å². The van der Waals surface area contributed by atoms with Crippen LogP contribution >= 0.6 is 11.3 Å². The summed E-state index contributed by atoms with van der Waals surface area (Å²) >= 11 is 1.62. The normalized spacial score (nSPS) is 17.8. The molecule has 0 saturated heterocycles. The van der Waals surface area contributed by atoms with Gasteiger partial charge in [0.1, 0.15) is 0 Å². The van der Waals surface area contributed by atoms with Gasteiger partial charge in [0.15, 0.2) is 0 Å². The summed E-state index contributed by atoms with van der Waals surface area (Å²) in [4.78, 5) is 1.06. The lowest BCUT2D eigenvalue weighted by molar-refractivity contribution is 0.148. The first-order valence-electron chi connectivity index (χ1n) is 6.28. The van der Waals surface area contributed by atoms with Crippen molar-refractivity contribution in [1.82, 2.24) is 5.32 Å². The van der Waals surface area contributed by atoms with Gasteiger partial charge in [-0.2, -0.15) is 0 Å². The van der Waals surface area contributed by atoms with E-state index in [0.29, 0.717) is 12.1 Å². The van der Waals surface area contributed by atoms with Crippen LogP contribution in [-0.2, 0) is 0 Å². The molecule has 3 heteroatoms. The van der Waals surface area contributed by atoms with Crippen LogP contribution < -0.4 is 5.32 Å². The Kier molecular flexibility index (Phi) is 5.17. The fraction of sp³-hybridized carbons (Fsp3) is 0.714. The Bertz CT molecular complexity index is 315. The second-order valence-electron chi connectivity index (χ2n) is 5.92. The minimum absolute atomic E-state index is 0.252. The van der Waals surface area contributed by atoms with Crippen molar-refractivity contribution in [2.75, 3.05) is 0 Å². The monoisotopic (exact) mass is 255 g/mol. The highest BCUT2D eigenvalue weighted by atomic mass is 32.1. The van der Waals surface area contributed by atoms with E-state index in [1.165, 1.54) is 0 Å². The Balaban J connectivity index is 2.42. The number of thiophene rings is 1. The van der Waals surface area contributed by atoms with Crippen molar-refractivity contribution in [3.8, 4) is 0 Å². The molecule has 0 aromatic carbocycles. The van der Waals surface area contributed by atoms with Crippen LogP contribution in [0.4, 0.5) is 0 Å². The van der Waals surface area contributed by atoms with Gasteiger partial charge in [0.05, 0.1) is 6.10 Å². The van der Waals surface area contributed by atoms with E-state index >= 15 is 0 Å². The molecule has 0 aliphatic carbocycles. The van der Waals surface area contributed by atoms with Crippen LogP contribution in [0.5, 0.6) is 0 Å². The molecule has 0 saturated carbocycles. The number of aliphatic hydroxyl groups excluding tert-OH is 1. The maximum Gasteiger partial charge on any atom is 0.0896 e. The Hall–Kier alpha value is -0.380. The number of hydrogen-bond donors (Lipinski definition) is 2. The van der Waals surface area contributed by atoms with Gasteiger partial charge in [-0.1, -0.05) is 26.8 Å². The molecular formula is C14H25NOS. The maximum absolute atomic E-state index is 10.1. The van der Waals surface area contributed by atoms with Crippen LogP contribution in [0.25, 0.3) is 0 Å². The predicted octanol–water partition coefficient (Wildman–Crippen LogP) is 3.58. The van der Waals surface area contributed by atoms with Gasteiger partial charge in [0.25, 0.3) is 0 Å². The summed E-state index contributed by atoms with van der Waals surface area (Å²) < 4.78 is 0. The van der Waals surface area contributed by atoms with E-state index in [1.807, 2.05) is 17.5 Å². The number of hydrogen-bond acceptors (Lipinski definition) is 3. The second kappa shape index (κ2) is 5.98. The Morgan fingerprint density at radius 2 is 2.00 bits per heavy atom. The molecule has 1 heterocycles. The first-order valence-corrected chi connectivity index (χ1v) is 7.16. The third-order valence-electron chi connectivity index (χ3n) is 3.28. The van der Waals surface area contributed by atoms with Crippen molar-refractivity contribution in [2.24, 2.45) is 5.41 Å². The summed E-state index contributed by atoms with van der Waals surface area (Å²) in [6, 6.07) is 4.74. The van der Waals surface area contributed by atoms with Gasteiger partial charge in [0.2, 0.25) is 0 Å². The topological polar surface area (TPSA) is 32.3 Å². The van der Waals surface area contributed by atoms with Gasteiger partial charge in [-0.05, 0) is 37.1 Å². The fourth-order valence-corrected chi connectivity index (χ4v) is 2.40. The van der Waals surface area contributed by atoms with Crippen LogP contribution in [0.3, 0.4) is 0 Å². The summed E-state index contributed by atoms with van der Waals surface area (Å²) in [6.45, 7) is 11.0. The van der Waals surface area contributed by atoms with Crippen LogP contribution in [0.2, 0.25) is 0 Å². The van der Waals surface area contributed by atoms with Crippen LogP contribution in [0.15, 0.2) is 17.5 Å². The lowest BCUT2D eigenvalue weighted by atomic mass is 9.87. The lowest BCUT2D eigenvalue weighted by Crippen LogP contribution is -2.43. The van der Waals surface area contributed by atoms with Crippen molar-refractivity contribution in [2.45, 2.75) is 59.2 Å². The van der Waals surface area contributed by atoms with Crippen LogP contribution in [0.1, 0.15) is 52.0 Å².